The van der Waals surface area contributed by atoms with Gasteiger partial charge >= 0.3 is 6.03 Å². The molecule has 0 unspecified atom stereocenters. The van der Waals surface area contributed by atoms with E-state index < -0.39 is 0 Å². The van der Waals surface area contributed by atoms with Crippen LogP contribution in [-0.2, 0) is 6.54 Å². The minimum Gasteiger partial charge on any atom is -0.493 e. The molecule has 0 saturated heterocycles. The smallest absolute Gasteiger partial charge is 0.334 e. The maximum absolute atomic E-state index is 12.1. The average Bonchev–Trinajstić information content (AvgIpc) is 3.04. The molecular weight excluding hydrogens is 320 g/mol. The number of methoxy groups -OCH3 is 1. The van der Waals surface area contributed by atoms with Crippen LogP contribution in [0.3, 0.4) is 0 Å². The van der Waals surface area contributed by atoms with Gasteiger partial charge < -0.3 is 14.8 Å². The molecule has 7 nitrogen and oxygen atoms in total. The summed E-state index contributed by atoms with van der Waals surface area (Å²) in [6, 6.07) is 12.8. The Bertz CT molecular complexity index is 876. The van der Waals surface area contributed by atoms with E-state index in [2.05, 4.69) is 15.7 Å². The predicted octanol–water partition coefficient (Wildman–Crippen LogP) is 2.90. The number of hydrogen-bond acceptors (Lipinski definition) is 4. The fraction of sp³-hybridized carbons (Fsp3) is 0.222. The Morgan fingerprint density at radius 2 is 2.04 bits per heavy atom. The molecule has 3 aromatic rings. The lowest BCUT2D eigenvalue weighted by Gasteiger charge is -2.12. The number of carbonyl (C=O) groups is 1. The monoisotopic (exact) mass is 340 g/mol. The van der Waals surface area contributed by atoms with Crippen LogP contribution in [0.1, 0.15) is 12.5 Å². The zero-order chi connectivity index (χ0) is 17.6. The molecule has 0 atom stereocenters. The molecule has 2 aromatic carbocycles. The Kier molecular flexibility index (Phi) is 5.03. The Hall–Kier alpha value is -3.22. The molecule has 2 N–H and O–H groups in total. The van der Waals surface area contributed by atoms with Crippen LogP contribution in [-0.4, -0.2) is 29.4 Å². The van der Waals surface area contributed by atoms with Gasteiger partial charge in [0.05, 0.1) is 24.8 Å². The van der Waals surface area contributed by atoms with Crippen LogP contribution in [0.15, 0.2) is 48.8 Å². The van der Waals surface area contributed by atoms with E-state index in [1.807, 2.05) is 49.4 Å². The van der Waals surface area contributed by atoms with Crippen LogP contribution in [0.25, 0.3) is 11.0 Å². The molecule has 0 aliphatic heterocycles. The first-order valence-corrected chi connectivity index (χ1v) is 7.98. The van der Waals surface area contributed by atoms with Gasteiger partial charge in [-0.05, 0) is 36.8 Å². The number of ether oxygens (including phenoxy) is 2. The van der Waals surface area contributed by atoms with E-state index in [0.717, 1.165) is 16.6 Å². The Balaban J connectivity index is 1.62. The molecule has 0 radical (unpaired) electrons. The van der Waals surface area contributed by atoms with Gasteiger partial charge in [-0.3, -0.25) is 0 Å². The van der Waals surface area contributed by atoms with Crippen molar-refractivity contribution in [3.05, 3.63) is 54.4 Å². The van der Waals surface area contributed by atoms with Gasteiger partial charge in [0.2, 0.25) is 0 Å². The highest BCUT2D eigenvalue weighted by atomic mass is 16.5. The number of rotatable bonds is 6. The molecule has 1 aromatic heterocycles. The quantitative estimate of drug-likeness (QED) is 0.723. The van der Waals surface area contributed by atoms with E-state index in [1.165, 1.54) is 0 Å². The summed E-state index contributed by atoms with van der Waals surface area (Å²) in [6.07, 6.45) is 1.57. The minimum absolute atomic E-state index is 0.323. The normalized spacial score (nSPS) is 10.5. The van der Waals surface area contributed by atoms with Gasteiger partial charge in [0, 0.05) is 6.54 Å². The second-order valence-corrected chi connectivity index (χ2v) is 5.32. The van der Waals surface area contributed by atoms with Crippen molar-refractivity contribution in [1.29, 1.82) is 0 Å². The number of imidazole rings is 1. The molecule has 0 aliphatic carbocycles. The van der Waals surface area contributed by atoms with Crippen molar-refractivity contribution in [2.75, 3.05) is 19.1 Å². The summed E-state index contributed by atoms with van der Waals surface area (Å²) in [5.74, 6) is 1.32. The lowest BCUT2D eigenvalue weighted by molar-refractivity contribution is 0.249. The van der Waals surface area contributed by atoms with Crippen molar-refractivity contribution in [3.63, 3.8) is 0 Å². The third-order valence-corrected chi connectivity index (χ3v) is 3.66. The molecule has 0 aliphatic rings. The summed E-state index contributed by atoms with van der Waals surface area (Å²) in [6.45, 7) is 2.84. The highest BCUT2D eigenvalue weighted by Gasteiger charge is 2.08. The van der Waals surface area contributed by atoms with Crippen molar-refractivity contribution >= 4 is 17.1 Å². The lowest BCUT2D eigenvalue weighted by Crippen LogP contribution is -2.33. The second-order valence-electron chi connectivity index (χ2n) is 5.32. The van der Waals surface area contributed by atoms with E-state index in [4.69, 9.17) is 9.47 Å². The third-order valence-electron chi connectivity index (χ3n) is 3.66. The van der Waals surface area contributed by atoms with Crippen molar-refractivity contribution in [2.45, 2.75) is 13.5 Å². The number of benzene rings is 2. The zero-order valence-corrected chi connectivity index (χ0v) is 14.2. The van der Waals surface area contributed by atoms with Crippen LogP contribution in [0.2, 0.25) is 0 Å². The summed E-state index contributed by atoms with van der Waals surface area (Å²) in [5.41, 5.74) is 5.30. The SMILES string of the molecule is CCOc1ccc(CNC(=O)Nn2cnc3ccccc32)cc1OC. The van der Waals surface area contributed by atoms with E-state index in [9.17, 15) is 4.79 Å². The van der Waals surface area contributed by atoms with E-state index in [-0.39, 0.29) is 6.03 Å². The summed E-state index contributed by atoms with van der Waals surface area (Å²) in [5, 5.41) is 2.81. The Labute approximate surface area is 145 Å². The first-order chi connectivity index (χ1) is 12.2. The fourth-order valence-electron chi connectivity index (χ4n) is 2.48. The summed E-state index contributed by atoms with van der Waals surface area (Å²) in [7, 11) is 1.59. The average molecular weight is 340 g/mol. The number of para-hydroxylation sites is 2. The number of urea groups is 1. The van der Waals surface area contributed by atoms with Crippen LogP contribution in [0.4, 0.5) is 4.79 Å². The van der Waals surface area contributed by atoms with Gasteiger partial charge in [-0.25, -0.2) is 19.9 Å². The fourth-order valence-corrected chi connectivity index (χ4v) is 2.48. The number of nitrogens with zero attached hydrogens (tertiary/aromatic N) is 2. The van der Waals surface area contributed by atoms with Gasteiger partial charge in [-0.2, -0.15) is 0 Å². The van der Waals surface area contributed by atoms with E-state index >= 15 is 0 Å². The Morgan fingerprint density at radius 3 is 2.84 bits per heavy atom. The number of amides is 2. The first kappa shape index (κ1) is 16.6. The maximum atomic E-state index is 12.1. The van der Waals surface area contributed by atoms with Crippen LogP contribution >= 0.6 is 0 Å². The molecular formula is C18H20N4O3. The van der Waals surface area contributed by atoms with Gasteiger partial charge in [0.15, 0.2) is 11.5 Å². The molecule has 1 heterocycles. The van der Waals surface area contributed by atoms with Crippen LogP contribution in [0, 0.1) is 0 Å². The molecule has 2 amide bonds. The van der Waals surface area contributed by atoms with E-state index in [0.29, 0.717) is 24.7 Å². The van der Waals surface area contributed by atoms with Crippen molar-refractivity contribution in [2.24, 2.45) is 0 Å². The molecule has 0 fully saturated rings. The minimum atomic E-state index is -0.323. The van der Waals surface area contributed by atoms with Gasteiger partial charge in [-0.1, -0.05) is 18.2 Å². The van der Waals surface area contributed by atoms with Gasteiger partial charge in [0.1, 0.15) is 6.33 Å². The topological polar surface area (TPSA) is 77.4 Å². The largest absolute Gasteiger partial charge is 0.493 e. The zero-order valence-electron chi connectivity index (χ0n) is 14.2. The number of fused-ring (bicyclic) bond motifs is 1. The van der Waals surface area contributed by atoms with Crippen LogP contribution < -0.4 is 20.2 Å². The molecule has 0 saturated carbocycles. The molecule has 25 heavy (non-hydrogen) atoms. The predicted molar refractivity (Wildman–Crippen MR) is 95.5 cm³/mol. The molecule has 7 heteroatoms. The highest BCUT2D eigenvalue weighted by molar-refractivity contribution is 5.85. The lowest BCUT2D eigenvalue weighted by atomic mass is 10.2. The third kappa shape index (κ3) is 3.82. The van der Waals surface area contributed by atoms with Crippen molar-refractivity contribution in [1.82, 2.24) is 15.0 Å². The molecule has 3 rings (SSSR count). The van der Waals surface area contributed by atoms with Crippen molar-refractivity contribution < 1.29 is 14.3 Å². The first-order valence-electron chi connectivity index (χ1n) is 7.98. The second kappa shape index (κ2) is 7.57. The standard InChI is InChI=1S/C18H20N4O3/c1-3-25-16-9-8-13(10-17(16)24-2)11-19-18(23)21-22-12-20-14-6-4-5-7-15(14)22/h4-10,12H,3,11H2,1-2H3,(H2,19,21,23). The summed E-state index contributed by atoms with van der Waals surface area (Å²) < 4.78 is 12.4. The van der Waals surface area contributed by atoms with E-state index in [1.54, 1.807) is 18.1 Å². The number of aromatic nitrogens is 2. The summed E-state index contributed by atoms with van der Waals surface area (Å²) >= 11 is 0. The molecule has 0 spiro atoms. The maximum Gasteiger partial charge on any atom is 0.334 e. The van der Waals surface area contributed by atoms with Crippen molar-refractivity contribution in [3.8, 4) is 11.5 Å². The highest BCUT2D eigenvalue weighted by Crippen LogP contribution is 2.27. The number of nitrogens with one attached hydrogen (secondary N) is 2. The summed E-state index contributed by atoms with van der Waals surface area (Å²) in [4.78, 5) is 16.4. The number of hydrogen-bond donors (Lipinski definition) is 2. The molecule has 0 bridgehead atoms. The molecule has 130 valence electrons. The van der Waals surface area contributed by atoms with Crippen LogP contribution in [0.5, 0.6) is 11.5 Å². The Morgan fingerprint density at radius 1 is 1.20 bits per heavy atom. The van der Waals surface area contributed by atoms with Gasteiger partial charge in [0.25, 0.3) is 0 Å². The van der Waals surface area contributed by atoms with Gasteiger partial charge in [-0.15, -0.1) is 0 Å². The number of carbonyl (C=O) groups excluding carboxylic acids is 1.